The van der Waals surface area contributed by atoms with Crippen LogP contribution in [0.3, 0.4) is 0 Å². The van der Waals surface area contributed by atoms with Gasteiger partial charge in [0.25, 0.3) is 0 Å². The van der Waals surface area contributed by atoms with Crippen LogP contribution in [0.2, 0.25) is 0 Å². The Morgan fingerprint density at radius 2 is 2.20 bits per heavy atom. The number of carbonyl (C=O) groups is 1. The molecule has 0 saturated carbocycles. The van der Waals surface area contributed by atoms with Gasteiger partial charge in [0, 0.05) is 6.42 Å². The van der Waals surface area contributed by atoms with Crippen molar-refractivity contribution in [1.82, 2.24) is 4.98 Å². The van der Waals surface area contributed by atoms with E-state index in [9.17, 15) is 4.79 Å². The molecule has 0 atom stereocenters. The fraction of sp³-hybridized carbons (Fsp3) is 0.214. The summed E-state index contributed by atoms with van der Waals surface area (Å²) in [7, 11) is 1.62. The Hall–Kier alpha value is -2.39. The highest BCUT2D eigenvalue weighted by atomic mass is 32.1. The Morgan fingerprint density at radius 3 is 2.80 bits per heavy atom. The maximum atomic E-state index is 11.8. The summed E-state index contributed by atoms with van der Waals surface area (Å²) in [5.74, 6) is 0.685. The molecule has 0 spiro atoms. The van der Waals surface area contributed by atoms with Gasteiger partial charge in [0.15, 0.2) is 5.13 Å². The molecular formula is C14H13N3O2S. The Kier molecular flexibility index (Phi) is 4.69. The van der Waals surface area contributed by atoms with Gasteiger partial charge >= 0.3 is 0 Å². The zero-order chi connectivity index (χ0) is 14.4. The summed E-state index contributed by atoms with van der Waals surface area (Å²) in [4.78, 5) is 16.2. The van der Waals surface area contributed by atoms with E-state index in [4.69, 9.17) is 10.00 Å². The Balaban J connectivity index is 1.84. The second-order valence-corrected chi connectivity index (χ2v) is 5.07. The lowest BCUT2D eigenvalue weighted by atomic mass is 10.1. The molecule has 6 heteroatoms. The number of hydrogen-bond acceptors (Lipinski definition) is 5. The fourth-order valence-electron chi connectivity index (χ4n) is 1.62. The summed E-state index contributed by atoms with van der Waals surface area (Å²) in [6.45, 7) is 0. The van der Waals surface area contributed by atoms with Gasteiger partial charge in [0.2, 0.25) is 5.91 Å². The highest BCUT2D eigenvalue weighted by Gasteiger charge is 2.07. The molecule has 0 saturated heterocycles. The zero-order valence-electron chi connectivity index (χ0n) is 10.9. The largest absolute Gasteiger partial charge is 0.497 e. The monoisotopic (exact) mass is 287 g/mol. The molecule has 0 aliphatic rings. The van der Waals surface area contributed by atoms with E-state index in [2.05, 4.69) is 10.3 Å². The molecule has 1 aromatic carbocycles. The van der Waals surface area contributed by atoms with Gasteiger partial charge in [-0.15, -0.1) is 0 Å². The van der Waals surface area contributed by atoms with Crippen LogP contribution in [0.15, 0.2) is 30.5 Å². The van der Waals surface area contributed by atoms with Gasteiger partial charge in [0.1, 0.15) is 16.7 Å². The van der Waals surface area contributed by atoms with Crippen molar-refractivity contribution in [2.75, 3.05) is 12.4 Å². The standard InChI is InChI=1S/C14H13N3O2S/c1-19-11-5-2-10(3-6-11)4-7-13(18)17-14-16-9-12(8-15)20-14/h2-3,5-6,9H,4,7H2,1H3,(H,16,17,18). The molecule has 2 rings (SSSR count). The summed E-state index contributed by atoms with van der Waals surface area (Å²) in [5.41, 5.74) is 1.07. The minimum atomic E-state index is -0.111. The number of benzene rings is 1. The van der Waals surface area contributed by atoms with Crippen LogP contribution in [-0.2, 0) is 11.2 Å². The van der Waals surface area contributed by atoms with E-state index < -0.39 is 0 Å². The predicted molar refractivity (Wildman–Crippen MR) is 76.8 cm³/mol. The number of nitriles is 1. The predicted octanol–water partition coefficient (Wildman–Crippen LogP) is 2.59. The highest BCUT2D eigenvalue weighted by Crippen LogP contribution is 2.17. The van der Waals surface area contributed by atoms with E-state index in [0.29, 0.717) is 22.9 Å². The number of methoxy groups -OCH3 is 1. The average molecular weight is 287 g/mol. The Bertz CT molecular complexity index is 629. The number of amides is 1. The van der Waals surface area contributed by atoms with Crippen LogP contribution >= 0.6 is 11.3 Å². The molecular weight excluding hydrogens is 274 g/mol. The van der Waals surface area contributed by atoms with Gasteiger partial charge in [-0.05, 0) is 24.1 Å². The molecule has 1 amide bonds. The lowest BCUT2D eigenvalue weighted by molar-refractivity contribution is -0.116. The molecule has 5 nitrogen and oxygen atoms in total. The second-order valence-electron chi connectivity index (χ2n) is 4.04. The van der Waals surface area contributed by atoms with Crippen LogP contribution in [0.5, 0.6) is 5.75 Å². The van der Waals surface area contributed by atoms with Crippen LogP contribution in [0.4, 0.5) is 5.13 Å². The van der Waals surface area contributed by atoms with Gasteiger partial charge in [0.05, 0.1) is 13.3 Å². The molecule has 0 unspecified atom stereocenters. The highest BCUT2D eigenvalue weighted by molar-refractivity contribution is 7.16. The third-order valence-corrected chi connectivity index (χ3v) is 3.48. The van der Waals surface area contributed by atoms with Crippen molar-refractivity contribution in [3.05, 3.63) is 40.9 Å². The van der Waals surface area contributed by atoms with Crippen molar-refractivity contribution in [3.63, 3.8) is 0 Å². The number of hydrogen-bond donors (Lipinski definition) is 1. The smallest absolute Gasteiger partial charge is 0.226 e. The third kappa shape index (κ3) is 3.80. The number of anilines is 1. The van der Waals surface area contributed by atoms with Gasteiger partial charge < -0.3 is 10.1 Å². The molecule has 0 aliphatic carbocycles. The molecule has 2 aromatic rings. The molecule has 0 fully saturated rings. The van der Waals surface area contributed by atoms with Crippen molar-refractivity contribution in [3.8, 4) is 11.8 Å². The van der Waals surface area contributed by atoms with E-state index in [1.807, 2.05) is 30.3 Å². The van der Waals surface area contributed by atoms with E-state index in [-0.39, 0.29) is 5.91 Å². The van der Waals surface area contributed by atoms with Crippen molar-refractivity contribution in [1.29, 1.82) is 5.26 Å². The minimum Gasteiger partial charge on any atom is -0.497 e. The first-order valence-corrected chi connectivity index (χ1v) is 6.81. The fourth-order valence-corrected chi connectivity index (χ4v) is 2.25. The zero-order valence-corrected chi connectivity index (χ0v) is 11.7. The molecule has 1 heterocycles. The van der Waals surface area contributed by atoms with Crippen molar-refractivity contribution in [2.45, 2.75) is 12.8 Å². The summed E-state index contributed by atoms with van der Waals surface area (Å²) < 4.78 is 5.07. The van der Waals surface area contributed by atoms with Crippen molar-refractivity contribution in [2.24, 2.45) is 0 Å². The number of ether oxygens (including phenoxy) is 1. The van der Waals surface area contributed by atoms with Gasteiger partial charge in [-0.3, -0.25) is 4.79 Å². The Morgan fingerprint density at radius 1 is 1.45 bits per heavy atom. The van der Waals surface area contributed by atoms with E-state index >= 15 is 0 Å². The Labute approximate surface area is 120 Å². The number of aromatic nitrogens is 1. The molecule has 0 bridgehead atoms. The topological polar surface area (TPSA) is 75.0 Å². The van der Waals surface area contributed by atoms with Crippen molar-refractivity contribution >= 4 is 22.4 Å². The van der Waals surface area contributed by atoms with E-state index in [1.54, 1.807) is 7.11 Å². The summed E-state index contributed by atoms with van der Waals surface area (Å²) in [6, 6.07) is 9.59. The quantitative estimate of drug-likeness (QED) is 0.917. The van der Waals surface area contributed by atoms with Crippen LogP contribution in [0, 0.1) is 11.3 Å². The maximum absolute atomic E-state index is 11.8. The normalized spacial score (nSPS) is 9.80. The summed E-state index contributed by atoms with van der Waals surface area (Å²) in [6.07, 6.45) is 2.46. The molecule has 20 heavy (non-hydrogen) atoms. The number of nitrogens with one attached hydrogen (secondary N) is 1. The maximum Gasteiger partial charge on any atom is 0.226 e. The van der Waals surface area contributed by atoms with E-state index in [0.717, 1.165) is 11.3 Å². The molecule has 102 valence electrons. The number of nitrogens with zero attached hydrogens (tertiary/aromatic N) is 2. The first-order chi connectivity index (χ1) is 9.71. The van der Waals surface area contributed by atoms with Gasteiger partial charge in [-0.25, -0.2) is 4.98 Å². The third-order valence-electron chi connectivity index (χ3n) is 2.66. The minimum absolute atomic E-state index is 0.111. The van der Waals surface area contributed by atoms with Crippen LogP contribution in [-0.4, -0.2) is 18.0 Å². The van der Waals surface area contributed by atoms with Gasteiger partial charge in [-0.2, -0.15) is 5.26 Å². The lowest BCUT2D eigenvalue weighted by Gasteiger charge is -2.03. The first-order valence-electron chi connectivity index (χ1n) is 6.00. The SMILES string of the molecule is COc1ccc(CCC(=O)Nc2ncc(C#N)s2)cc1. The van der Waals surface area contributed by atoms with Crippen LogP contribution in [0.25, 0.3) is 0 Å². The molecule has 1 N–H and O–H groups in total. The molecule has 0 aliphatic heterocycles. The van der Waals surface area contributed by atoms with Crippen LogP contribution < -0.4 is 10.1 Å². The van der Waals surface area contributed by atoms with Crippen molar-refractivity contribution < 1.29 is 9.53 Å². The number of carbonyl (C=O) groups excluding carboxylic acids is 1. The molecule has 1 aromatic heterocycles. The van der Waals surface area contributed by atoms with E-state index in [1.165, 1.54) is 17.5 Å². The molecule has 0 radical (unpaired) electrons. The number of rotatable bonds is 5. The lowest BCUT2D eigenvalue weighted by Crippen LogP contribution is -2.11. The van der Waals surface area contributed by atoms with Gasteiger partial charge in [-0.1, -0.05) is 23.5 Å². The first kappa shape index (κ1) is 14.0. The summed E-state index contributed by atoms with van der Waals surface area (Å²) >= 11 is 1.17. The number of aryl methyl sites for hydroxylation is 1. The second kappa shape index (κ2) is 6.68. The van der Waals surface area contributed by atoms with Crippen LogP contribution in [0.1, 0.15) is 16.9 Å². The average Bonchev–Trinajstić information content (AvgIpc) is 2.93. The summed E-state index contributed by atoms with van der Waals surface area (Å²) in [5, 5.41) is 11.8. The number of thiazole rings is 1.